The number of carbonyl (C=O) groups is 1. The lowest BCUT2D eigenvalue weighted by atomic mass is 9.97. The van der Waals surface area contributed by atoms with Gasteiger partial charge >= 0.3 is 0 Å². The number of thiazole rings is 1. The van der Waals surface area contributed by atoms with E-state index in [2.05, 4.69) is 10.3 Å². The third kappa shape index (κ3) is 4.18. The highest BCUT2D eigenvalue weighted by Gasteiger charge is 2.13. The highest BCUT2D eigenvalue weighted by Crippen LogP contribution is 2.13. The molecule has 0 unspecified atom stereocenters. The van der Waals surface area contributed by atoms with Gasteiger partial charge < -0.3 is 10.1 Å². The van der Waals surface area contributed by atoms with Crippen LogP contribution in [-0.4, -0.2) is 37.1 Å². The second-order valence-electron chi connectivity index (χ2n) is 4.31. The second-order valence-corrected chi connectivity index (χ2v) is 5.21. The van der Waals surface area contributed by atoms with Crippen molar-refractivity contribution in [2.45, 2.75) is 19.3 Å². The normalized spacial score (nSPS) is 20.4. The molecule has 5 heteroatoms. The number of aromatic nitrogens is 1. The smallest absolute Gasteiger partial charge is 0.216 e. The van der Waals surface area contributed by atoms with Gasteiger partial charge in [-0.25, -0.2) is 4.98 Å². The summed E-state index contributed by atoms with van der Waals surface area (Å²) in [5.41, 5.74) is 0. The fourth-order valence-electron chi connectivity index (χ4n) is 2.01. The molecule has 1 aromatic heterocycles. The number of rotatable bonds is 6. The molecule has 1 saturated heterocycles. The Bertz CT molecular complexity index is 334. The quantitative estimate of drug-likeness (QED) is 0.620. The summed E-state index contributed by atoms with van der Waals surface area (Å²) in [4.78, 5) is 15.5. The molecule has 1 aliphatic heterocycles. The molecule has 1 N–H and O–H groups in total. The number of hydrogen-bond donors (Lipinski definition) is 1. The highest BCUT2D eigenvalue weighted by atomic mass is 32.1. The Morgan fingerprint density at radius 1 is 1.65 bits per heavy atom. The molecule has 94 valence electrons. The minimum absolute atomic E-state index is 0.0123. The Balaban J connectivity index is 1.58. The molecule has 1 fully saturated rings. The summed E-state index contributed by atoms with van der Waals surface area (Å²) in [6.07, 6.45) is 5.21. The molecule has 17 heavy (non-hydrogen) atoms. The number of ketones is 1. The van der Waals surface area contributed by atoms with Gasteiger partial charge in [-0.05, 0) is 38.3 Å². The molecule has 0 amide bonds. The monoisotopic (exact) mass is 254 g/mol. The maximum atomic E-state index is 11.6. The van der Waals surface area contributed by atoms with Crippen molar-refractivity contribution in [3.8, 4) is 0 Å². The maximum Gasteiger partial charge on any atom is 0.216 e. The lowest BCUT2D eigenvalue weighted by Crippen LogP contribution is -2.30. The van der Waals surface area contributed by atoms with Crippen molar-refractivity contribution in [2.24, 2.45) is 5.92 Å². The van der Waals surface area contributed by atoms with E-state index in [1.807, 2.05) is 0 Å². The van der Waals surface area contributed by atoms with Crippen LogP contribution in [0.1, 0.15) is 29.1 Å². The van der Waals surface area contributed by atoms with E-state index in [0.29, 0.717) is 17.5 Å². The number of Topliss-reactive ketones (excluding diaryl/α,β-unsaturated/α-hetero) is 1. The number of nitrogens with one attached hydrogen (secondary N) is 1. The van der Waals surface area contributed by atoms with E-state index in [1.165, 1.54) is 24.2 Å². The molecule has 0 aromatic carbocycles. The van der Waals surface area contributed by atoms with Gasteiger partial charge in [-0.2, -0.15) is 0 Å². The van der Waals surface area contributed by atoms with Crippen LogP contribution in [0.5, 0.6) is 0 Å². The summed E-state index contributed by atoms with van der Waals surface area (Å²) in [7, 11) is 0. The topological polar surface area (TPSA) is 51.2 Å². The van der Waals surface area contributed by atoms with Crippen molar-refractivity contribution in [3.05, 3.63) is 16.6 Å². The van der Waals surface area contributed by atoms with Crippen molar-refractivity contribution in [2.75, 3.05) is 26.3 Å². The molecule has 0 saturated carbocycles. The largest absolute Gasteiger partial charge is 0.373 e. The van der Waals surface area contributed by atoms with Crippen LogP contribution in [0, 0.1) is 5.92 Å². The first-order valence-corrected chi connectivity index (χ1v) is 6.95. The molecule has 4 nitrogen and oxygen atoms in total. The lowest BCUT2D eigenvalue weighted by Gasteiger charge is -2.22. The minimum atomic E-state index is -0.0123. The summed E-state index contributed by atoms with van der Waals surface area (Å²) >= 11 is 1.37. The fourth-order valence-corrected chi connectivity index (χ4v) is 2.57. The summed E-state index contributed by atoms with van der Waals surface area (Å²) in [5.74, 6) is 0.695. The number of piperidine rings is 1. The summed E-state index contributed by atoms with van der Waals surface area (Å²) in [6.45, 7) is 3.06. The third-order valence-corrected chi connectivity index (χ3v) is 3.79. The SMILES string of the molecule is O=C(COCC[C@H]1CCCNC1)c1nccs1. The Morgan fingerprint density at radius 3 is 3.29 bits per heavy atom. The molecule has 0 aliphatic carbocycles. The van der Waals surface area contributed by atoms with Crippen LogP contribution in [0.4, 0.5) is 0 Å². The van der Waals surface area contributed by atoms with Crippen molar-refractivity contribution in [3.63, 3.8) is 0 Å². The average Bonchev–Trinajstić information content (AvgIpc) is 2.89. The standard InChI is InChI=1S/C12H18N2O2S/c15-11(12-14-5-7-17-12)9-16-6-3-10-2-1-4-13-8-10/h5,7,10,13H,1-4,6,8-9H2/t10-/m1/s1. The van der Waals surface area contributed by atoms with Gasteiger partial charge in [0, 0.05) is 18.2 Å². The third-order valence-electron chi connectivity index (χ3n) is 2.97. The zero-order valence-electron chi connectivity index (χ0n) is 9.85. The number of ether oxygens (including phenoxy) is 1. The van der Waals surface area contributed by atoms with E-state index < -0.39 is 0 Å². The van der Waals surface area contributed by atoms with Crippen molar-refractivity contribution in [1.29, 1.82) is 0 Å². The van der Waals surface area contributed by atoms with E-state index >= 15 is 0 Å². The number of carbonyl (C=O) groups excluding carboxylic acids is 1. The molecule has 1 atom stereocenters. The maximum absolute atomic E-state index is 11.6. The Kier molecular flexibility index (Phi) is 5.09. The molecule has 0 spiro atoms. The molecular weight excluding hydrogens is 236 g/mol. The molecule has 0 radical (unpaired) electrons. The first-order valence-electron chi connectivity index (χ1n) is 6.07. The van der Waals surface area contributed by atoms with Crippen LogP contribution < -0.4 is 5.32 Å². The first-order chi connectivity index (χ1) is 8.36. The fraction of sp³-hybridized carbons (Fsp3) is 0.667. The van der Waals surface area contributed by atoms with Gasteiger partial charge in [-0.15, -0.1) is 11.3 Å². The highest BCUT2D eigenvalue weighted by molar-refractivity contribution is 7.11. The predicted molar refractivity (Wildman–Crippen MR) is 67.5 cm³/mol. The molecule has 1 aromatic rings. The number of hydrogen-bond acceptors (Lipinski definition) is 5. The average molecular weight is 254 g/mol. The Labute approximate surface area is 105 Å². The molecular formula is C12H18N2O2S. The van der Waals surface area contributed by atoms with E-state index in [0.717, 1.165) is 19.5 Å². The molecule has 2 heterocycles. The van der Waals surface area contributed by atoms with Gasteiger partial charge in [0.05, 0.1) is 0 Å². The zero-order chi connectivity index (χ0) is 11.9. The van der Waals surface area contributed by atoms with Crippen LogP contribution in [0.15, 0.2) is 11.6 Å². The van der Waals surface area contributed by atoms with Gasteiger partial charge in [-0.3, -0.25) is 4.79 Å². The van der Waals surface area contributed by atoms with Gasteiger partial charge in [0.1, 0.15) is 6.61 Å². The van der Waals surface area contributed by atoms with Gasteiger partial charge in [-0.1, -0.05) is 0 Å². The van der Waals surface area contributed by atoms with Crippen LogP contribution in [0.2, 0.25) is 0 Å². The second kappa shape index (κ2) is 6.83. The zero-order valence-corrected chi connectivity index (χ0v) is 10.7. The van der Waals surface area contributed by atoms with Crippen LogP contribution in [-0.2, 0) is 4.74 Å². The van der Waals surface area contributed by atoms with Crippen molar-refractivity contribution < 1.29 is 9.53 Å². The Hall–Kier alpha value is -0.780. The van der Waals surface area contributed by atoms with E-state index in [-0.39, 0.29) is 12.4 Å². The first kappa shape index (κ1) is 12.7. The minimum Gasteiger partial charge on any atom is -0.373 e. The van der Waals surface area contributed by atoms with Crippen LogP contribution in [0.3, 0.4) is 0 Å². The van der Waals surface area contributed by atoms with Gasteiger partial charge in [0.25, 0.3) is 0 Å². The summed E-state index contributed by atoms with van der Waals surface area (Å²) < 4.78 is 5.41. The van der Waals surface area contributed by atoms with Gasteiger partial charge in [0.2, 0.25) is 5.78 Å². The van der Waals surface area contributed by atoms with E-state index in [4.69, 9.17) is 4.74 Å². The summed E-state index contributed by atoms with van der Waals surface area (Å²) in [5, 5.41) is 5.73. The van der Waals surface area contributed by atoms with Crippen molar-refractivity contribution >= 4 is 17.1 Å². The van der Waals surface area contributed by atoms with Crippen LogP contribution in [0.25, 0.3) is 0 Å². The van der Waals surface area contributed by atoms with Crippen LogP contribution >= 0.6 is 11.3 Å². The van der Waals surface area contributed by atoms with Gasteiger partial charge in [0.15, 0.2) is 5.01 Å². The predicted octanol–water partition coefficient (Wildman–Crippen LogP) is 1.73. The van der Waals surface area contributed by atoms with E-state index in [1.54, 1.807) is 11.6 Å². The molecule has 2 rings (SSSR count). The molecule has 1 aliphatic rings. The Morgan fingerprint density at radius 2 is 2.59 bits per heavy atom. The molecule has 0 bridgehead atoms. The van der Waals surface area contributed by atoms with Crippen molar-refractivity contribution in [1.82, 2.24) is 10.3 Å². The lowest BCUT2D eigenvalue weighted by molar-refractivity contribution is 0.0725. The van der Waals surface area contributed by atoms with E-state index in [9.17, 15) is 4.79 Å². The summed E-state index contributed by atoms with van der Waals surface area (Å²) in [6, 6.07) is 0. The number of nitrogens with zero attached hydrogens (tertiary/aromatic N) is 1.